The van der Waals surface area contributed by atoms with Gasteiger partial charge >= 0.3 is 5.97 Å². The van der Waals surface area contributed by atoms with Crippen molar-refractivity contribution in [3.05, 3.63) is 0 Å². The third-order valence-corrected chi connectivity index (χ3v) is 3.11. The van der Waals surface area contributed by atoms with Crippen molar-refractivity contribution in [2.75, 3.05) is 6.61 Å². The molecule has 0 bridgehead atoms. The van der Waals surface area contributed by atoms with Crippen molar-refractivity contribution in [1.82, 2.24) is 5.32 Å². The molecule has 1 saturated carbocycles. The molecule has 0 spiro atoms. The van der Waals surface area contributed by atoms with Crippen molar-refractivity contribution in [2.45, 2.75) is 52.0 Å². The van der Waals surface area contributed by atoms with E-state index in [-0.39, 0.29) is 30.8 Å². The Bertz CT molecular complexity index is 249. The van der Waals surface area contributed by atoms with Crippen LogP contribution in [0.5, 0.6) is 0 Å². The Kier molecular flexibility index (Phi) is 5.29. The maximum absolute atomic E-state index is 11.5. The second-order valence-corrected chi connectivity index (χ2v) is 4.35. The number of hydrogen-bond acceptors (Lipinski definition) is 3. The van der Waals surface area contributed by atoms with E-state index in [4.69, 9.17) is 4.74 Å². The lowest BCUT2D eigenvalue weighted by Gasteiger charge is -2.31. The maximum atomic E-state index is 11.5. The Balaban J connectivity index is 2.12. The van der Waals surface area contributed by atoms with Crippen LogP contribution in [0.4, 0.5) is 0 Å². The van der Waals surface area contributed by atoms with Crippen LogP contribution in [-0.4, -0.2) is 24.5 Å². The summed E-state index contributed by atoms with van der Waals surface area (Å²) in [6.07, 6.45) is 4.10. The third kappa shape index (κ3) is 4.21. The Hall–Kier alpha value is -1.06. The highest BCUT2D eigenvalue weighted by atomic mass is 16.5. The topological polar surface area (TPSA) is 55.4 Å². The van der Waals surface area contributed by atoms with Gasteiger partial charge in [0.1, 0.15) is 0 Å². The number of hydrogen-bond donors (Lipinski definition) is 1. The van der Waals surface area contributed by atoms with Crippen LogP contribution in [0.1, 0.15) is 46.0 Å². The predicted octanol–water partition coefficient (Wildman–Crippen LogP) is 1.63. The lowest BCUT2D eigenvalue weighted by molar-refractivity contribution is -0.144. The highest BCUT2D eigenvalue weighted by Gasteiger charge is 2.24. The molecule has 0 aliphatic heterocycles. The summed E-state index contributed by atoms with van der Waals surface area (Å²) in [5.74, 6) is 0.285. The standard InChI is InChI=1S/C12H21NO3/c1-3-16-12(15)8-7-11(14)13-9(2)10-5-4-6-10/h9-10H,3-8H2,1-2H3,(H,13,14). The van der Waals surface area contributed by atoms with Gasteiger partial charge in [0.15, 0.2) is 0 Å². The molecular weight excluding hydrogens is 206 g/mol. The molecule has 0 aromatic heterocycles. The summed E-state index contributed by atoms with van der Waals surface area (Å²) in [6, 6.07) is 0.239. The quantitative estimate of drug-likeness (QED) is 0.702. The van der Waals surface area contributed by atoms with Gasteiger partial charge in [-0.05, 0) is 32.6 Å². The lowest BCUT2D eigenvalue weighted by Crippen LogP contribution is -2.40. The van der Waals surface area contributed by atoms with Crippen molar-refractivity contribution in [3.63, 3.8) is 0 Å². The first-order valence-electron chi connectivity index (χ1n) is 6.08. The summed E-state index contributed by atoms with van der Waals surface area (Å²) in [7, 11) is 0. The number of carbonyl (C=O) groups is 2. The molecule has 4 nitrogen and oxygen atoms in total. The van der Waals surface area contributed by atoms with Gasteiger partial charge in [-0.1, -0.05) is 6.42 Å². The van der Waals surface area contributed by atoms with Crippen molar-refractivity contribution < 1.29 is 14.3 Å². The van der Waals surface area contributed by atoms with Gasteiger partial charge in [-0.3, -0.25) is 9.59 Å². The minimum absolute atomic E-state index is 0.0487. The van der Waals surface area contributed by atoms with Crippen LogP contribution in [0.2, 0.25) is 0 Å². The maximum Gasteiger partial charge on any atom is 0.306 e. The summed E-state index contributed by atoms with van der Waals surface area (Å²) in [4.78, 5) is 22.5. The first-order valence-corrected chi connectivity index (χ1v) is 6.08. The summed E-state index contributed by atoms with van der Waals surface area (Å²) in [5.41, 5.74) is 0. The first-order chi connectivity index (χ1) is 7.63. The minimum Gasteiger partial charge on any atom is -0.466 e. The lowest BCUT2D eigenvalue weighted by atomic mass is 9.80. The average Bonchev–Trinajstić information content (AvgIpc) is 2.12. The van der Waals surface area contributed by atoms with Gasteiger partial charge in [0, 0.05) is 12.5 Å². The van der Waals surface area contributed by atoms with E-state index in [1.807, 2.05) is 6.92 Å². The molecule has 0 aromatic carbocycles. The van der Waals surface area contributed by atoms with Gasteiger partial charge in [-0.15, -0.1) is 0 Å². The molecule has 1 unspecified atom stereocenters. The van der Waals surface area contributed by atoms with E-state index in [0.29, 0.717) is 12.5 Å². The fourth-order valence-electron chi connectivity index (χ4n) is 1.83. The average molecular weight is 227 g/mol. The smallest absolute Gasteiger partial charge is 0.306 e. The molecule has 1 N–H and O–H groups in total. The van der Waals surface area contributed by atoms with E-state index in [1.54, 1.807) is 6.92 Å². The molecule has 1 aliphatic carbocycles. The number of esters is 1. The molecule has 1 amide bonds. The van der Waals surface area contributed by atoms with Crippen LogP contribution in [0.25, 0.3) is 0 Å². The second-order valence-electron chi connectivity index (χ2n) is 4.35. The highest BCUT2D eigenvalue weighted by Crippen LogP contribution is 2.29. The van der Waals surface area contributed by atoms with Crippen molar-refractivity contribution in [1.29, 1.82) is 0 Å². The normalized spacial score (nSPS) is 17.4. The van der Waals surface area contributed by atoms with E-state index >= 15 is 0 Å². The van der Waals surface area contributed by atoms with E-state index in [0.717, 1.165) is 0 Å². The molecule has 0 heterocycles. The zero-order valence-electron chi connectivity index (χ0n) is 10.1. The molecule has 1 aliphatic rings. The van der Waals surface area contributed by atoms with E-state index < -0.39 is 0 Å². The Morgan fingerprint density at radius 3 is 2.56 bits per heavy atom. The number of amides is 1. The molecule has 4 heteroatoms. The van der Waals surface area contributed by atoms with Crippen LogP contribution in [0.15, 0.2) is 0 Å². The molecule has 1 rings (SSSR count). The predicted molar refractivity (Wildman–Crippen MR) is 60.8 cm³/mol. The fourth-order valence-corrected chi connectivity index (χ4v) is 1.83. The molecule has 0 radical (unpaired) electrons. The first kappa shape index (κ1) is 13.0. The SMILES string of the molecule is CCOC(=O)CCC(=O)NC(C)C1CCC1. The van der Waals surface area contributed by atoms with E-state index in [2.05, 4.69) is 5.32 Å². The van der Waals surface area contributed by atoms with Crippen molar-refractivity contribution >= 4 is 11.9 Å². The number of nitrogens with one attached hydrogen (secondary N) is 1. The van der Waals surface area contributed by atoms with Crippen LogP contribution in [0, 0.1) is 5.92 Å². The molecule has 0 aromatic rings. The zero-order chi connectivity index (χ0) is 12.0. The molecule has 92 valence electrons. The largest absolute Gasteiger partial charge is 0.466 e. The molecular formula is C12H21NO3. The monoisotopic (exact) mass is 227 g/mol. The Morgan fingerprint density at radius 1 is 1.38 bits per heavy atom. The summed E-state index contributed by atoms with van der Waals surface area (Å²) in [5, 5.41) is 2.93. The van der Waals surface area contributed by atoms with Crippen molar-refractivity contribution in [2.24, 2.45) is 5.92 Å². The van der Waals surface area contributed by atoms with Crippen molar-refractivity contribution in [3.8, 4) is 0 Å². The Morgan fingerprint density at radius 2 is 2.06 bits per heavy atom. The van der Waals surface area contributed by atoms with Gasteiger partial charge in [0.25, 0.3) is 0 Å². The van der Waals surface area contributed by atoms with Crippen LogP contribution >= 0.6 is 0 Å². The third-order valence-electron chi connectivity index (χ3n) is 3.11. The fraction of sp³-hybridized carbons (Fsp3) is 0.833. The molecule has 0 saturated heterocycles. The van der Waals surface area contributed by atoms with Gasteiger partial charge in [0.05, 0.1) is 13.0 Å². The number of ether oxygens (including phenoxy) is 1. The molecule has 1 fully saturated rings. The van der Waals surface area contributed by atoms with E-state index in [9.17, 15) is 9.59 Å². The number of carbonyl (C=O) groups excluding carboxylic acids is 2. The van der Waals surface area contributed by atoms with Gasteiger partial charge in [-0.2, -0.15) is 0 Å². The highest BCUT2D eigenvalue weighted by molar-refractivity contribution is 5.81. The Labute approximate surface area is 96.7 Å². The van der Waals surface area contributed by atoms with Gasteiger partial charge < -0.3 is 10.1 Å². The van der Waals surface area contributed by atoms with E-state index in [1.165, 1.54) is 19.3 Å². The van der Waals surface area contributed by atoms with Crippen LogP contribution < -0.4 is 5.32 Å². The number of rotatable bonds is 6. The van der Waals surface area contributed by atoms with Crippen LogP contribution in [0.3, 0.4) is 0 Å². The minimum atomic E-state index is -0.297. The summed E-state index contributed by atoms with van der Waals surface area (Å²) < 4.78 is 4.76. The molecule has 16 heavy (non-hydrogen) atoms. The summed E-state index contributed by atoms with van der Waals surface area (Å²) in [6.45, 7) is 4.17. The van der Waals surface area contributed by atoms with Crippen LogP contribution in [-0.2, 0) is 14.3 Å². The summed E-state index contributed by atoms with van der Waals surface area (Å²) >= 11 is 0. The zero-order valence-corrected chi connectivity index (χ0v) is 10.1. The van der Waals surface area contributed by atoms with Gasteiger partial charge in [-0.25, -0.2) is 0 Å². The second kappa shape index (κ2) is 6.51. The molecule has 1 atom stereocenters. The van der Waals surface area contributed by atoms with Gasteiger partial charge in [0.2, 0.25) is 5.91 Å².